The van der Waals surface area contributed by atoms with Crippen LogP contribution in [0.3, 0.4) is 0 Å². The van der Waals surface area contributed by atoms with E-state index >= 15 is 0 Å². The van der Waals surface area contributed by atoms with Gasteiger partial charge in [-0.3, -0.25) is 9.69 Å². The highest BCUT2D eigenvalue weighted by molar-refractivity contribution is 5.92. The monoisotopic (exact) mass is 300 g/mol. The van der Waals surface area contributed by atoms with E-state index in [1.165, 1.54) is 5.56 Å². The standard InChI is InChI=1S/C16H20N4O2/c21-16(19-4-1-2-5-19)14-9-17-15-11-18(6-7-20(14)15)10-13-3-8-22-12-13/h3,8-9,12H,1-2,4-7,10-11H2. The van der Waals surface area contributed by atoms with E-state index in [1.807, 2.05) is 11.0 Å². The lowest BCUT2D eigenvalue weighted by Crippen LogP contribution is -2.36. The molecule has 0 aromatic carbocycles. The molecule has 1 fully saturated rings. The van der Waals surface area contributed by atoms with Crippen molar-refractivity contribution in [2.24, 2.45) is 0 Å². The molecule has 6 nitrogen and oxygen atoms in total. The average molecular weight is 300 g/mol. The summed E-state index contributed by atoms with van der Waals surface area (Å²) in [6.07, 6.45) is 7.46. The molecule has 4 rings (SSSR count). The van der Waals surface area contributed by atoms with Crippen molar-refractivity contribution in [1.82, 2.24) is 19.4 Å². The third-order valence-corrected chi connectivity index (χ3v) is 4.54. The second-order valence-electron chi connectivity index (χ2n) is 6.05. The van der Waals surface area contributed by atoms with Crippen molar-refractivity contribution >= 4 is 5.91 Å². The van der Waals surface area contributed by atoms with Crippen molar-refractivity contribution in [3.63, 3.8) is 0 Å². The molecule has 0 spiro atoms. The van der Waals surface area contributed by atoms with Crippen molar-refractivity contribution < 1.29 is 9.21 Å². The van der Waals surface area contributed by atoms with E-state index in [-0.39, 0.29) is 5.91 Å². The van der Waals surface area contributed by atoms with Crippen LogP contribution in [-0.2, 0) is 19.6 Å². The lowest BCUT2D eigenvalue weighted by molar-refractivity contribution is 0.0777. The smallest absolute Gasteiger partial charge is 0.272 e. The van der Waals surface area contributed by atoms with Crippen molar-refractivity contribution in [2.75, 3.05) is 19.6 Å². The van der Waals surface area contributed by atoms with Gasteiger partial charge < -0.3 is 13.9 Å². The Morgan fingerprint density at radius 1 is 1.23 bits per heavy atom. The Morgan fingerprint density at radius 3 is 2.86 bits per heavy atom. The Morgan fingerprint density at radius 2 is 2.09 bits per heavy atom. The molecule has 1 amide bonds. The predicted octanol–water partition coefficient (Wildman–Crippen LogP) is 1.73. The lowest BCUT2D eigenvalue weighted by atomic mass is 10.2. The van der Waals surface area contributed by atoms with Crippen LogP contribution in [0.25, 0.3) is 0 Å². The van der Waals surface area contributed by atoms with E-state index in [0.29, 0.717) is 0 Å². The Balaban J connectivity index is 1.48. The van der Waals surface area contributed by atoms with Crippen LogP contribution >= 0.6 is 0 Å². The largest absolute Gasteiger partial charge is 0.472 e. The quantitative estimate of drug-likeness (QED) is 0.866. The minimum atomic E-state index is 0.138. The maximum Gasteiger partial charge on any atom is 0.272 e. The summed E-state index contributed by atoms with van der Waals surface area (Å²) in [5.74, 6) is 1.12. The van der Waals surface area contributed by atoms with E-state index in [1.54, 1.807) is 18.7 Å². The third kappa shape index (κ3) is 2.43. The molecule has 6 heteroatoms. The van der Waals surface area contributed by atoms with Crippen LogP contribution in [0.1, 0.15) is 34.7 Å². The van der Waals surface area contributed by atoms with Gasteiger partial charge in [-0.05, 0) is 18.9 Å². The molecular formula is C16H20N4O2. The van der Waals surface area contributed by atoms with Crippen LogP contribution in [0.15, 0.2) is 29.2 Å². The molecule has 0 aliphatic carbocycles. The number of hydrogen-bond donors (Lipinski definition) is 0. The van der Waals surface area contributed by atoms with Crippen LogP contribution in [-0.4, -0.2) is 44.9 Å². The van der Waals surface area contributed by atoms with Gasteiger partial charge in [-0.2, -0.15) is 0 Å². The summed E-state index contributed by atoms with van der Waals surface area (Å²) in [4.78, 5) is 21.3. The van der Waals surface area contributed by atoms with Gasteiger partial charge >= 0.3 is 0 Å². The number of carbonyl (C=O) groups excluding carboxylic acids is 1. The number of fused-ring (bicyclic) bond motifs is 1. The lowest BCUT2D eigenvalue weighted by Gasteiger charge is -2.28. The van der Waals surface area contributed by atoms with Crippen LogP contribution in [0.2, 0.25) is 0 Å². The molecule has 0 atom stereocenters. The fourth-order valence-electron chi connectivity index (χ4n) is 3.34. The SMILES string of the molecule is O=C(c1cnc2n1CCN(Cc1ccoc1)C2)N1CCCC1. The molecule has 0 saturated carbocycles. The highest BCUT2D eigenvalue weighted by Crippen LogP contribution is 2.19. The Kier molecular flexibility index (Phi) is 3.46. The summed E-state index contributed by atoms with van der Waals surface area (Å²) >= 11 is 0. The van der Waals surface area contributed by atoms with Gasteiger partial charge in [0.05, 0.1) is 25.3 Å². The number of hydrogen-bond acceptors (Lipinski definition) is 4. The van der Waals surface area contributed by atoms with Crippen LogP contribution in [0, 0.1) is 0 Å². The number of furan rings is 1. The highest BCUT2D eigenvalue weighted by atomic mass is 16.3. The maximum absolute atomic E-state index is 12.6. The van der Waals surface area contributed by atoms with Gasteiger partial charge in [0.25, 0.3) is 5.91 Å². The van der Waals surface area contributed by atoms with Gasteiger partial charge in [0.1, 0.15) is 11.5 Å². The number of nitrogens with zero attached hydrogens (tertiary/aromatic N) is 4. The van der Waals surface area contributed by atoms with Crippen LogP contribution in [0.4, 0.5) is 0 Å². The molecule has 2 aromatic heterocycles. The minimum absolute atomic E-state index is 0.138. The van der Waals surface area contributed by atoms with E-state index in [4.69, 9.17) is 4.42 Å². The molecule has 4 heterocycles. The number of likely N-dealkylation sites (tertiary alicyclic amines) is 1. The van der Waals surface area contributed by atoms with Gasteiger partial charge in [0, 0.05) is 38.3 Å². The molecule has 0 bridgehead atoms. The Bertz CT molecular complexity index is 656. The van der Waals surface area contributed by atoms with E-state index in [9.17, 15) is 4.79 Å². The van der Waals surface area contributed by atoms with E-state index in [0.717, 1.165) is 63.6 Å². The topological polar surface area (TPSA) is 54.5 Å². The van der Waals surface area contributed by atoms with Crippen LogP contribution in [0.5, 0.6) is 0 Å². The first-order valence-corrected chi connectivity index (χ1v) is 7.88. The van der Waals surface area contributed by atoms with Crippen LogP contribution < -0.4 is 0 Å². The number of aromatic nitrogens is 2. The average Bonchev–Trinajstić information content (AvgIpc) is 3.28. The minimum Gasteiger partial charge on any atom is -0.472 e. The zero-order valence-corrected chi connectivity index (χ0v) is 12.6. The third-order valence-electron chi connectivity index (χ3n) is 4.54. The number of amides is 1. The van der Waals surface area contributed by atoms with Gasteiger partial charge in [-0.15, -0.1) is 0 Å². The van der Waals surface area contributed by atoms with Crippen molar-refractivity contribution in [3.8, 4) is 0 Å². The first-order chi connectivity index (χ1) is 10.8. The normalized spacial score (nSPS) is 18.6. The molecular weight excluding hydrogens is 280 g/mol. The van der Waals surface area contributed by atoms with Crippen molar-refractivity contribution in [2.45, 2.75) is 32.5 Å². The zero-order chi connectivity index (χ0) is 14.9. The molecule has 22 heavy (non-hydrogen) atoms. The van der Waals surface area contributed by atoms with Gasteiger partial charge in [-0.25, -0.2) is 4.98 Å². The maximum atomic E-state index is 12.6. The second-order valence-corrected chi connectivity index (χ2v) is 6.05. The molecule has 116 valence electrons. The fourth-order valence-corrected chi connectivity index (χ4v) is 3.34. The molecule has 2 aromatic rings. The first-order valence-electron chi connectivity index (χ1n) is 7.88. The Labute approximate surface area is 129 Å². The second kappa shape index (κ2) is 5.61. The first kappa shape index (κ1) is 13.6. The van der Waals surface area contributed by atoms with Crippen molar-refractivity contribution in [3.05, 3.63) is 41.9 Å². The number of rotatable bonds is 3. The number of carbonyl (C=O) groups is 1. The summed E-state index contributed by atoms with van der Waals surface area (Å²) in [5, 5.41) is 0. The molecule has 0 radical (unpaired) electrons. The number of imidazole rings is 1. The van der Waals surface area contributed by atoms with Gasteiger partial charge in [-0.1, -0.05) is 0 Å². The Hall–Kier alpha value is -2.08. The molecule has 0 unspecified atom stereocenters. The van der Waals surface area contributed by atoms with Gasteiger partial charge in [0.15, 0.2) is 0 Å². The zero-order valence-electron chi connectivity index (χ0n) is 12.6. The fraction of sp³-hybridized carbons (Fsp3) is 0.500. The van der Waals surface area contributed by atoms with E-state index < -0.39 is 0 Å². The molecule has 0 N–H and O–H groups in total. The summed E-state index contributed by atoms with van der Waals surface area (Å²) < 4.78 is 7.21. The molecule has 2 aliphatic rings. The molecule has 2 aliphatic heterocycles. The van der Waals surface area contributed by atoms with Gasteiger partial charge in [0.2, 0.25) is 0 Å². The summed E-state index contributed by atoms with van der Waals surface area (Å²) in [5.41, 5.74) is 1.92. The van der Waals surface area contributed by atoms with Crippen molar-refractivity contribution in [1.29, 1.82) is 0 Å². The summed E-state index contributed by atoms with van der Waals surface area (Å²) in [6, 6.07) is 1.99. The predicted molar refractivity (Wildman–Crippen MR) is 80.2 cm³/mol. The summed E-state index contributed by atoms with van der Waals surface area (Å²) in [6.45, 7) is 5.14. The highest BCUT2D eigenvalue weighted by Gasteiger charge is 2.27. The van der Waals surface area contributed by atoms with E-state index in [2.05, 4.69) is 14.5 Å². The summed E-state index contributed by atoms with van der Waals surface area (Å²) in [7, 11) is 0. The molecule has 1 saturated heterocycles.